The minimum atomic E-state index is 0.598. The summed E-state index contributed by atoms with van der Waals surface area (Å²) in [6.45, 7) is 10.6. The molecule has 1 unspecified atom stereocenters. The van der Waals surface area contributed by atoms with Gasteiger partial charge in [0.1, 0.15) is 0 Å². The average molecular weight is 396 g/mol. The molecule has 0 aliphatic carbocycles. The molecule has 0 saturated carbocycles. The van der Waals surface area contributed by atoms with E-state index in [4.69, 9.17) is 0 Å². The number of fused-ring (bicyclic) bond motifs is 1. The third-order valence-electron chi connectivity index (χ3n) is 4.31. The van der Waals surface area contributed by atoms with Crippen molar-refractivity contribution < 1.29 is 0 Å². The second-order valence-electron chi connectivity index (χ2n) is 6.62. The van der Waals surface area contributed by atoms with Crippen molar-refractivity contribution in [3.8, 4) is 0 Å². The number of hydrogen-bond donors (Lipinski definition) is 1. The van der Waals surface area contributed by atoms with E-state index in [1.807, 2.05) is 31.9 Å². The molecule has 0 fully saturated rings. The van der Waals surface area contributed by atoms with Crippen LogP contribution in [0.5, 0.6) is 0 Å². The third-order valence-corrected chi connectivity index (χ3v) is 5.36. The van der Waals surface area contributed by atoms with Gasteiger partial charge >= 0.3 is 0 Å². The monoisotopic (exact) mass is 395 g/mol. The molecule has 0 aliphatic rings. The van der Waals surface area contributed by atoms with E-state index in [-0.39, 0.29) is 0 Å². The number of hydrogen-bond acceptors (Lipinski definition) is 2. The van der Waals surface area contributed by atoms with Crippen LogP contribution in [0.2, 0.25) is 0 Å². The van der Waals surface area contributed by atoms with Crippen molar-refractivity contribution in [1.29, 1.82) is 0 Å². The largest absolute Gasteiger partial charge is 0.261 e. The van der Waals surface area contributed by atoms with E-state index in [0.717, 1.165) is 12.2 Å². The van der Waals surface area contributed by atoms with Crippen LogP contribution >= 0.6 is 11.9 Å². The van der Waals surface area contributed by atoms with Crippen LogP contribution in [0.4, 0.5) is 0 Å². The maximum Gasteiger partial charge on any atom is 0.0330 e. The summed E-state index contributed by atoms with van der Waals surface area (Å²) in [6, 6.07) is 26.3. The molecule has 0 heterocycles. The van der Waals surface area contributed by atoms with Gasteiger partial charge in [-0.15, -0.1) is 0 Å². The van der Waals surface area contributed by atoms with E-state index in [2.05, 4.69) is 92.2 Å². The van der Waals surface area contributed by atoms with Crippen LogP contribution in [0.15, 0.2) is 72.8 Å². The normalized spacial score (nSPS) is 11.0. The molecular weight excluding hydrogens is 358 g/mol. The summed E-state index contributed by atoms with van der Waals surface area (Å²) in [5.74, 6) is 1.03. The van der Waals surface area contributed by atoms with Crippen LogP contribution in [0.25, 0.3) is 10.8 Å². The first-order valence-corrected chi connectivity index (χ1v) is 11.6. The summed E-state index contributed by atoms with van der Waals surface area (Å²) < 4.78 is 3.50. The Morgan fingerprint density at radius 1 is 0.786 bits per heavy atom. The fourth-order valence-corrected chi connectivity index (χ4v) is 3.63. The van der Waals surface area contributed by atoms with Crippen LogP contribution < -0.4 is 4.72 Å². The van der Waals surface area contributed by atoms with Crippen molar-refractivity contribution in [3.63, 3.8) is 0 Å². The summed E-state index contributed by atoms with van der Waals surface area (Å²) >= 11 is 1.81. The Balaban J connectivity index is 0.000000327. The molecule has 0 radical (unpaired) electrons. The maximum absolute atomic E-state index is 3.50. The van der Waals surface area contributed by atoms with E-state index >= 15 is 0 Å². The van der Waals surface area contributed by atoms with E-state index in [1.165, 1.54) is 34.7 Å². The van der Waals surface area contributed by atoms with Crippen LogP contribution in [-0.2, 0) is 12.2 Å². The summed E-state index contributed by atoms with van der Waals surface area (Å²) in [5.41, 5.74) is 2.79. The van der Waals surface area contributed by atoms with E-state index in [0.29, 0.717) is 6.04 Å². The molecule has 2 heteroatoms. The van der Waals surface area contributed by atoms with Crippen molar-refractivity contribution in [2.45, 2.75) is 65.7 Å². The maximum atomic E-state index is 3.50. The zero-order valence-electron chi connectivity index (χ0n) is 18.2. The number of nitrogens with one attached hydrogen (secondary N) is 1. The molecular formula is C26H37NS. The highest BCUT2D eigenvalue weighted by Gasteiger charge is 2.00. The Hall–Kier alpha value is -1.77. The molecule has 1 nitrogen and oxygen atoms in total. The summed E-state index contributed by atoms with van der Waals surface area (Å²) in [4.78, 5) is 0. The van der Waals surface area contributed by atoms with Gasteiger partial charge in [0.2, 0.25) is 0 Å². The Morgan fingerprint density at radius 2 is 1.43 bits per heavy atom. The lowest BCUT2D eigenvalue weighted by molar-refractivity contribution is 0.617. The second-order valence-corrected chi connectivity index (χ2v) is 7.43. The summed E-state index contributed by atoms with van der Waals surface area (Å²) in [6.07, 6.45) is 3.62. The van der Waals surface area contributed by atoms with Crippen molar-refractivity contribution in [2.24, 2.45) is 0 Å². The predicted molar refractivity (Wildman–Crippen MR) is 130 cm³/mol. The Morgan fingerprint density at radius 3 is 2.04 bits per heavy atom. The quantitative estimate of drug-likeness (QED) is 0.406. The molecule has 0 amide bonds. The highest BCUT2D eigenvalue weighted by atomic mass is 32.2. The van der Waals surface area contributed by atoms with Gasteiger partial charge in [0.05, 0.1) is 0 Å². The molecule has 0 aliphatic heterocycles. The predicted octanol–water partition coefficient (Wildman–Crippen LogP) is 8.04. The smallest absolute Gasteiger partial charge is 0.0330 e. The summed E-state index contributed by atoms with van der Waals surface area (Å²) in [7, 11) is 0. The lowest BCUT2D eigenvalue weighted by Crippen LogP contribution is -2.18. The number of rotatable bonds is 7. The average Bonchev–Trinajstić information content (AvgIpc) is 2.76. The molecule has 0 spiro atoms. The van der Waals surface area contributed by atoms with Gasteiger partial charge in [-0.25, -0.2) is 0 Å². The van der Waals surface area contributed by atoms with Crippen LogP contribution in [0, 0.1) is 0 Å². The van der Waals surface area contributed by atoms with Crippen molar-refractivity contribution in [3.05, 3.63) is 83.9 Å². The topological polar surface area (TPSA) is 12.0 Å². The standard InChI is InChI=1S/C16H21NS.C8H10.C2H6/c1-3-6-13(2)17-18-12-14-9-10-15-7-4-5-8-16(15)11-14;1-2-8-6-4-3-5-7-8;1-2/h4-5,7-11,13,17H,3,6,12H2,1-2H3;3-7H,2H2,1H3;1-2H3. The van der Waals surface area contributed by atoms with Crippen molar-refractivity contribution in [1.82, 2.24) is 4.72 Å². The zero-order valence-corrected chi connectivity index (χ0v) is 19.1. The first kappa shape index (κ1) is 24.3. The highest BCUT2D eigenvalue weighted by molar-refractivity contribution is 7.96. The lowest BCUT2D eigenvalue weighted by Gasteiger charge is -2.11. The fraction of sp³-hybridized carbons (Fsp3) is 0.385. The molecule has 0 aromatic heterocycles. The highest BCUT2D eigenvalue weighted by Crippen LogP contribution is 2.18. The van der Waals surface area contributed by atoms with E-state index < -0.39 is 0 Å². The lowest BCUT2D eigenvalue weighted by atomic mass is 10.1. The molecule has 1 N–H and O–H groups in total. The molecule has 0 bridgehead atoms. The van der Waals surface area contributed by atoms with Crippen LogP contribution in [0.3, 0.4) is 0 Å². The second kappa shape index (κ2) is 15.2. The molecule has 3 aromatic rings. The fourth-order valence-electron chi connectivity index (χ4n) is 2.80. The zero-order chi connectivity index (χ0) is 20.6. The van der Waals surface area contributed by atoms with Gasteiger partial charge in [-0.05, 0) is 41.7 Å². The molecule has 152 valence electrons. The third kappa shape index (κ3) is 9.43. The summed E-state index contributed by atoms with van der Waals surface area (Å²) in [5, 5.41) is 2.65. The SMILES string of the molecule is CC.CCCC(C)NSCc1ccc2ccccc2c1.CCc1ccccc1. The van der Waals surface area contributed by atoms with Gasteiger partial charge < -0.3 is 0 Å². The van der Waals surface area contributed by atoms with Gasteiger partial charge in [-0.3, -0.25) is 4.72 Å². The van der Waals surface area contributed by atoms with Gasteiger partial charge in [-0.2, -0.15) is 0 Å². The van der Waals surface area contributed by atoms with Crippen LogP contribution in [-0.4, -0.2) is 6.04 Å². The molecule has 3 rings (SSSR count). The Bertz CT molecular complexity index is 754. The molecule has 1 atom stereocenters. The van der Waals surface area contributed by atoms with E-state index in [1.54, 1.807) is 0 Å². The first-order valence-electron chi connectivity index (χ1n) is 10.6. The van der Waals surface area contributed by atoms with Gasteiger partial charge in [0, 0.05) is 11.8 Å². The molecule has 0 saturated heterocycles. The van der Waals surface area contributed by atoms with Crippen molar-refractivity contribution in [2.75, 3.05) is 0 Å². The molecule has 3 aromatic carbocycles. The number of benzene rings is 3. The van der Waals surface area contributed by atoms with Gasteiger partial charge in [-0.1, -0.05) is 119 Å². The minimum Gasteiger partial charge on any atom is -0.261 e. The Kier molecular flexibility index (Phi) is 13.2. The van der Waals surface area contributed by atoms with E-state index in [9.17, 15) is 0 Å². The van der Waals surface area contributed by atoms with Gasteiger partial charge in [0.25, 0.3) is 0 Å². The minimum absolute atomic E-state index is 0.598. The Labute approximate surface area is 177 Å². The first-order chi connectivity index (χ1) is 13.7. The molecule has 28 heavy (non-hydrogen) atoms. The number of aryl methyl sites for hydroxylation is 1. The van der Waals surface area contributed by atoms with Gasteiger partial charge in [0.15, 0.2) is 0 Å². The van der Waals surface area contributed by atoms with Crippen molar-refractivity contribution >= 4 is 22.7 Å². The van der Waals surface area contributed by atoms with Crippen LogP contribution in [0.1, 0.15) is 58.6 Å².